The molecule has 1 aliphatic rings. The molecule has 3 unspecified atom stereocenters. The quantitative estimate of drug-likeness (QED) is 0.754. The molecule has 94 valence electrons. The topological polar surface area (TPSA) is 55.1 Å². The van der Waals surface area contributed by atoms with E-state index in [-0.39, 0.29) is 11.8 Å². The van der Waals surface area contributed by atoms with Crippen molar-refractivity contribution >= 4 is 5.91 Å². The van der Waals surface area contributed by atoms with E-state index in [1.165, 1.54) is 19.3 Å². The molecule has 0 bridgehead atoms. The van der Waals surface area contributed by atoms with Gasteiger partial charge in [-0.25, -0.2) is 0 Å². The van der Waals surface area contributed by atoms with Crippen LogP contribution >= 0.6 is 0 Å². The van der Waals surface area contributed by atoms with E-state index in [1.54, 1.807) is 0 Å². The highest BCUT2D eigenvalue weighted by atomic mass is 16.1. The van der Waals surface area contributed by atoms with Gasteiger partial charge in [-0.15, -0.1) is 0 Å². The number of nitrogens with one attached hydrogen (secondary N) is 1. The van der Waals surface area contributed by atoms with Crippen molar-refractivity contribution in [3.8, 4) is 0 Å². The van der Waals surface area contributed by atoms with Gasteiger partial charge in [0.05, 0.1) is 0 Å². The van der Waals surface area contributed by atoms with Gasteiger partial charge < -0.3 is 11.1 Å². The molecule has 16 heavy (non-hydrogen) atoms. The number of rotatable bonds is 5. The summed E-state index contributed by atoms with van der Waals surface area (Å²) in [5.41, 5.74) is 5.46. The average Bonchev–Trinajstić information content (AvgIpc) is 2.29. The third-order valence-corrected chi connectivity index (χ3v) is 3.75. The fraction of sp³-hybridized carbons (Fsp3) is 0.923. The molecule has 3 N–H and O–H groups in total. The number of amides is 1. The number of carbonyl (C=O) groups excluding carboxylic acids is 1. The summed E-state index contributed by atoms with van der Waals surface area (Å²) in [4.78, 5) is 11.8. The van der Waals surface area contributed by atoms with E-state index in [0.29, 0.717) is 12.6 Å². The molecule has 1 rings (SSSR count). The van der Waals surface area contributed by atoms with Crippen LogP contribution in [0.3, 0.4) is 0 Å². The van der Waals surface area contributed by atoms with Gasteiger partial charge in [0.2, 0.25) is 5.91 Å². The molecule has 0 aliphatic heterocycles. The smallest absolute Gasteiger partial charge is 0.223 e. The van der Waals surface area contributed by atoms with Gasteiger partial charge in [-0.1, -0.05) is 33.1 Å². The van der Waals surface area contributed by atoms with Crippen molar-refractivity contribution in [3.63, 3.8) is 0 Å². The van der Waals surface area contributed by atoms with E-state index in [0.717, 1.165) is 25.2 Å². The summed E-state index contributed by atoms with van der Waals surface area (Å²) in [6.45, 7) is 4.80. The Kier molecular flexibility index (Phi) is 5.81. The third-order valence-electron chi connectivity index (χ3n) is 3.75. The third kappa shape index (κ3) is 4.12. The first kappa shape index (κ1) is 13.5. The van der Waals surface area contributed by atoms with Crippen LogP contribution in [0.2, 0.25) is 0 Å². The molecular formula is C13H26N2O. The Bertz CT molecular complexity index is 218. The molecule has 0 heterocycles. The molecule has 1 amide bonds. The zero-order valence-electron chi connectivity index (χ0n) is 10.7. The Morgan fingerprint density at radius 2 is 2.25 bits per heavy atom. The summed E-state index contributed by atoms with van der Waals surface area (Å²) in [7, 11) is 0. The van der Waals surface area contributed by atoms with Crippen molar-refractivity contribution in [1.29, 1.82) is 0 Å². The van der Waals surface area contributed by atoms with Gasteiger partial charge in [-0.2, -0.15) is 0 Å². The van der Waals surface area contributed by atoms with E-state index >= 15 is 0 Å². The number of hydrogen-bond acceptors (Lipinski definition) is 2. The Morgan fingerprint density at radius 3 is 2.88 bits per heavy atom. The van der Waals surface area contributed by atoms with Gasteiger partial charge in [0.15, 0.2) is 0 Å². The highest BCUT2D eigenvalue weighted by molar-refractivity contribution is 5.78. The highest BCUT2D eigenvalue weighted by Crippen LogP contribution is 2.26. The van der Waals surface area contributed by atoms with Crippen LogP contribution in [-0.2, 0) is 4.79 Å². The number of hydrogen-bond donors (Lipinski definition) is 2. The first-order chi connectivity index (χ1) is 7.67. The second-order valence-corrected chi connectivity index (χ2v) is 5.12. The minimum atomic E-state index is 0.0620. The van der Waals surface area contributed by atoms with Crippen LogP contribution in [0.4, 0.5) is 0 Å². The summed E-state index contributed by atoms with van der Waals surface area (Å²) >= 11 is 0. The normalized spacial score (nSPS) is 27.4. The number of nitrogens with two attached hydrogens (primary N) is 1. The Labute approximate surface area is 99.2 Å². The van der Waals surface area contributed by atoms with Crippen molar-refractivity contribution in [2.45, 2.75) is 58.4 Å². The molecule has 0 saturated heterocycles. The van der Waals surface area contributed by atoms with E-state index in [1.807, 2.05) is 6.92 Å². The second-order valence-electron chi connectivity index (χ2n) is 5.12. The van der Waals surface area contributed by atoms with Crippen LogP contribution in [0.1, 0.15) is 52.4 Å². The van der Waals surface area contributed by atoms with E-state index in [9.17, 15) is 4.79 Å². The van der Waals surface area contributed by atoms with Crippen molar-refractivity contribution in [1.82, 2.24) is 5.32 Å². The first-order valence-corrected chi connectivity index (χ1v) is 6.67. The Hall–Kier alpha value is -0.570. The van der Waals surface area contributed by atoms with Gasteiger partial charge in [-0.05, 0) is 31.7 Å². The summed E-state index contributed by atoms with van der Waals surface area (Å²) in [6, 6.07) is 0.409. The van der Waals surface area contributed by atoms with Crippen molar-refractivity contribution in [3.05, 3.63) is 0 Å². The largest absolute Gasteiger partial charge is 0.353 e. The summed E-state index contributed by atoms with van der Waals surface area (Å²) in [5.74, 6) is 1.06. The van der Waals surface area contributed by atoms with Crippen LogP contribution in [-0.4, -0.2) is 18.5 Å². The Balaban J connectivity index is 2.32. The molecule has 1 saturated carbocycles. The van der Waals surface area contributed by atoms with Crippen molar-refractivity contribution in [2.24, 2.45) is 17.6 Å². The molecule has 1 fully saturated rings. The molecule has 3 heteroatoms. The molecule has 1 aliphatic carbocycles. The molecule has 0 aromatic rings. The summed E-state index contributed by atoms with van der Waals surface area (Å²) in [5, 5.41) is 3.17. The van der Waals surface area contributed by atoms with Gasteiger partial charge >= 0.3 is 0 Å². The lowest BCUT2D eigenvalue weighted by atomic mass is 9.84. The van der Waals surface area contributed by atoms with Gasteiger partial charge in [0.1, 0.15) is 0 Å². The van der Waals surface area contributed by atoms with E-state index < -0.39 is 0 Å². The maximum absolute atomic E-state index is 11.8. The molecular weight excluding hydrogens is 200 g/mol. The minimum Gasteiger partial charge on any atom is -0.353 e. The lowest BCUT2D eigenvalue weighted by molar-refractivity contribution is -0.125. The predicted octanol–water partition coefficient (Wildman–Crippen LogP) is 2.06. The first-order valence-electron chi connectivity index (χ1n) is 6.67. The van der Waals surface area contributed by atoms with E-state index in [4.69, 9.17) is 5.73 Å². The zero-order valence-corrected chi connectivity index (χ0v) is 10.7. The monoisotopic (exact) mass is 226 g/mol. The summed E-state index contributed by atoms with van der Waals surface area (Å²) in [6.07, 6.45) is 6.94. The fourth-order valence-electron chi connectivity index (χ4n) is 2.52. The molecule has 0 radical (unpaired) electrons. The van der Waals surface area contributed by atoms with Crippen molar-refractivity contribution in [2.75, 3.05) is 6.54 Å². The maximum atomic E-state index is 11.8. The highest BCUT2D eigenvalue weighted by Gasteiger charge is 2.23. The van der Waals surface area contributed by atoms with Gasteiger partial charge in [0.25, 0.3) is 0 Å². The predicted molar refractivity (Wildman–Crippen MR) is 67.0 cm³/mol. The van der Waals surface area contributed by atoms with Gasteiger partial charge in [-0.3, -0.25) is 4.79 Å². The van der Waals surface area contributed by atoms with Crippen LogP contribution in [0.25, 0.3) is 0 Å². The molecule has 3 atom stereocenters. The average molecular weight is 226 g/mol. The molecule has 3 nitrogen and oxygen atoms in total. The second kappa shape index (κ2) is 6.89. The van der Waals surface area contributed by atoms with Crippen LogP contribution in [0.15, 0.2) is 0 Å². The number of carbonyl (C=O) groups is 1. The van der Waals surface area contributed by atoms with E-state index in [2.05, 4.69) is 12.2 Å². The molecule has 0 aromatic heterocycles. The minimum absolute atomic E-state index is 0.0620. The zero-order chi connectivity index (χ0) is 12.0. The van der Waals surface area contributed by atoms with Crippen LogP contribution in [0.5, 0.6) is 0 Å². The Morgan fingerprint density at radius 1 is 1.50 bits per heavy atom. The lowest BCUT2D eigenvalue weighted by Crippen LogP contribution is -2.41. The fourth-order valence-corrected chi connectivity index (χ4v) is 2.52. The standard InChI is InChI=1S/C13H26N2O/c1-3-11-5-4-6-12(9-11)15-13(16)10(2)7-8-14/h10-12H,3-9,14H2,1-2H3,(H,15,16). The SMILES string of the molecule is CCC1CCCC(NC(=O)C(C)CCN)C1. The van der Waals surface area contributed by atoms with Crippen molar-refractivity contribution < 1.29 is 4.79 Å². The van der Waals surface area contributed by atoms with Gasteiger partial charge in [0, 0.05) is 12.0 Å². The molecule has 0 aromatic carbocycles. The molecule has 0 spiro atoms. The maximum Gasteiger partial charge on any atom is 0.223 e. The lowest BCUT2D eigenvalue weighted by Gasteiger charge is -2.29. The van der Waals surface area contributed by atoms with Crippen LogP contribution in [0, 0.1) is 11.8 Å². The summed E-state index contributed by atoms with van der Waals surface area (Å²) < 4.78 is 0. The van der Waals surface area contributed by atoms with Crippen LogP contribution < -0.4 is 11.1 Å².